The largest absolute Gasteiger partial charge is 0.340 e. The minimum atomic E-state index is 1.01. The first kappa shape index (κ1) is 30.3. The normalized spacial score (nSPS) is 12.6. The molecule has 0 saturated carbocycles. The number of nitrogens with zero attached hydrogens (tertiary/aromatic N) is 2. The molecule has 6 rings (SSSR count). The molecule has 2 aliphatic heterocycles. The lowest BCUT2D eigenvalue weighted by Crippen LogP contribution is -2.22. The van der Waals surface area contributed by atoms with Crippen molar-refractivity contribution in [3.63, 3.8) is 0 Å². The quantitative estimate of drug-likeness (QED) is 0.130. The highest BCUT2D eigenvalue weighted by Crippen LogP contribution is 2.49. The molecule has 44 heavy (non-hydrogen) atoms. The van der Waals surface area contributed by atoms with Gasteiger partial charge in [0.15, 0.2) is 0 Å². The molecule has 4 aromatic rings. The van der Waals surface area contributed by atoms with E-state index in [1.807, 2.05) is 23.5 Å². The van der Waals surface area contributed by atoms with E-state index in [0.717, 1.165) is 24.2 Å². The summed E-state index contributed by atoms with van der Waals surface area (Å²) in [4.78, 5) is 10.1. The fourth-order valence-corrected chi connectivity index (χ4v) is 8.17. The van der Waals surface area contributed by atoms with Crippen molar-refractivity contribution in [3.8, 4) is 23.7 Å². The molecule has 0 bridgehead atoms. The molecule has 0 N–H and O–H groups in total. The zero-order valence-electron chi connectivity index (χ0n) is 25.9. The van der Waals surface area contributed by atoms with E-state index in [1.54, 1.807) is 0 Å². The SMILES string of the molecule is CCCCCCN1c2ccccc2Sc2cc(C#CC#Cc3ccc4c(c3)Sc3ccccc3N4CCCCCC)ccc21. The fraction of sp³-hybridized carbons (Fsp3) is 0.300. The maximum Gasteiger partial charge on any atom is 0.0553 e. The maximum absolute atomic E-state index is 3.31. The number of rotatable bonds is 10. The average Bonchev–Trinajstić information content (AvgIpc) is 3.06. The highest BCUT2D eigenvalue weighted by Gasteiger charge is 2.24. The van der Waals surface area contributed by atoms with E-state index in [4.69, 9.17) is 0 Å². The second-order valence-electron chi connectivity index (χ2n) is 11.4. The molecule has 0 saturated heterocycles. The standard InChI is InChI=1S/C40H40N2S2/c1-3-5-7-15-27-41-33-19-11-13-21-37(33)43-39-29-31(23-25-35(39)41)17-9-10-18-32-24-26-36-40(30-32)44-38-22-14-12-20-34(38)42(36)28-16-8-6-4-2/h11-14,19-26,29-30H,3-8,15-16,27-28H2,1-2H3. The van der Waals surface area contributed by atoms with Gasteiger partial charge in [0.05, 0.1) is 22.7 Å². The van der Waals surface area contributed by atoms with Crippen LogP contribution < -0.4 is 9.80 Å². The van der Waals surface area contributed by atoms with Crippen LogP contribution in [0.15, 0.2) is 105 Å². The smallest absolute Gasteiger partial charge is 0.0553 e. The minimum Gasteiger partial charge on any atom is -0.340 e. The van der Waals surface area contributed by atoms with Gasteiger partial charge in [0, 0.05) is 43.8 Å². The molecule has 0 spiro atoms. The Kier molecular flexibility index (Phi) is 10.2. The van der Waals surface area contributed by atoms with E-state index in [1.165, 1.54) is 93.7 Å². The van der Waals surface area contributed by atoms with E-state index >= 15 is 0 Å². The minimum absolute atomic E-state index is 1.01. The molecule has 0 amide bonds. The van der Waals surface area contributed by atoms with Crippen LogP contribution in [0.5, 0.6) is 0 Å². The summed E-state index contributed by atoms with van der Waals surface area (Å²) in [6.45, 7) is 6.62. The topological polar surface area (TPSA) is 6.48 Å². The van der Waals surface area contributed by atoms with E-state index in [-0.39, 0.29) is 0 Å². The van der Waals surface area contributed by atoms with Crippen LogP contribution in [-0.4, -0.2) is 13.1 Å². The van der Waals surface area contributed by atoms with E-state index < -0.39 is 0 Å². The Balaban J connectivity index is 1.18. The third-order valence-electron chi connectivity index (χ3n) is 8.20. The van der Waals surface area contributed by atoms with Crippen LogP contribution in [0.3, 0.4) is 0 Å². The van der Waals surface area contributed by atoms with Crippen molar-refractivity contribution in [2.45, 2.75) is 84.8 Å². The first-order valence-electron chi connectivity index (χ1n) is 16.1. The molecular weight excluding hydrogens is 573 g/mol. The number of para-hydroxylation sites is 2. The second-order valence-corrected chi connectivity index (χ2v) is 13.6. The highest BCUT2D eigenvalue weighted by atomic mass is 32.2. The summed E-state index contributed by atoms with van der Waals surface area (Å²) in [5.41, 5.74) is 7.22. The third kappa shape index (κ3) is 6.99. The number of unbranched alkanes of at least 4 members (excludes halogenated alkanes) is 6. The molecular formula is C40H40N2S2. The summed E-state index contributed by atoms with van der Waals surface area (Å²) < 4.78 is 0. The lowest BCUT2D eigenvalue weighted by Gasteiger charge is -2.33. The van der Waals surface area contributed by atoms with Crippen molar-refractivity contribution in [1.82, 2.24) is 0 Å². The summed E-state index contributed by atoms with van der Waals surface area (Å²) in [6.07, 6.45) is 10.0. The van der Waals surface area contributed by atoms with Gasteiger partial charge in [0.25, 0.3) is 0 Å². The van der Waals surface area contributed by atoms with Gasteiger partial charge < -0.3 is 9.80 Å². The molecule has 0 radical (unpaired) electrons. The predicted octanol–water partition coefficient (Wildman–Crippen LogP) is 11.5. The first-order valence-corrected chi connectivity index (χ1v) is 17.8. The van der Waals surface area contributed by atoms with Crippen LogP contribution in [0.4, 0.5) is 22.7 Å². The van der Waals surface area contributed by atoms with Gasteiger partial charge in [-0.3, -0.25) is 0 Å². The van der Waals surface area contributed by atoms with Crippen LogP contribution in [0.2, 0.25) is 0 Å². The molecule has 4 aromatic carbocycles. The first-order chi connectivity index (χ1) is 21.7. The maximum atomic E-state index is 3.31. The number of hydrogen-bond donors (Lipinski definition) is 0. The Bertz CT molecular complexity index is 1610. The Morgan fingerprint density at radius 2 is 0.909 bits per heavy atom. The molecule has 2 aliphatic rings. The average molecular weight is 613 g/mol. The number of benzene rings is 4. The second kappa shape index (κ2) is 14.9. The van der Waals surface area contributed by atoms with Crippen molar-refractivity contribution in [1.29, 1.82) is 0 Å². The molecule has 2 heterocycles. The molecule has 222 valence electrons. The molecule has 2 nitrogen and oxygen atoms in total. The molecule has 0 fully saturated rings. The Labute approximate surface area is 272 Å². The molecule has 0 atom stereocenters. The molecule has 0 unspecified atom stereocenters. The van der Waals surface area contributed by atoms with Gasteiger partial charge in [-0.1, -0.05) is 112 Å². The molecule has 4 heteroatoms. The van der Waals surface area contributed by atoms with Gasteiger partial charge in [0.1, 0.15) is 0 Å². The lowest BCUT2D eigenvalue weighted by molar-refractivity contribution is 0.665. The van der Waals surface area contributed by atoms with Crippen LogP contribution in [0.25, 0.3) is 0 Å². The zero-order valence-corrected chi connectivity index (χ0v) is 27.5. The number of fused-ring (bicyclic) bond motifs is 4. The van der Waals surface area contributed by atoms with Gasteiger partial charge >= 0.3 is 0 Å². The van der Waals surface area contributed by atoms with Crippen LogP contribution in [0, 0.1) is 23.7 Å². The van der Waals surface area contributed by atoms with Crippen LogP contribution >= 0.6 is 23.5 Å². The number of hydrogen-bond acceptors (Lipinski definition) is 4. The highest BCUT2D eigenvalue weighted by molar-refractivity contribution is 8.00. The Morgan fingerprint density at radius 3 is 1.36 bits per heavy atom. The van der Waals surface area contributed by atoms with Crippen LogP contribution in [-0.2, 0) is 0 Å². The fourth-order valence-electron chi connectivity index (χ4n) is 5.90. The summed E-state index contributed by atoms with van der Waals surface area (Å²) in [5, 5.41) is 0. The molecule has 0 aliphatic carbocycles. The molecule has 0 aromatic heterocycles. The predicted molar refractivity (Wildman–Crippen MR) is 190 cm³/mol. The van der Waals surface area contributed by atoms with E-state index in [2.05, 4.69) is 132 Å². The summed E-state index contributed by atoms with van der Waals surface area (Å²) in [7, 11) is 0. The third-order valence-corrected chi connectivity index (χ3v) is 10.4. The van der Waals surface area contributed by atoms with E-state index in [9.17, 15) is 0 Å². The zero-order chi connectivity index (χ0) is 30.1. The summed E-state index contributed by atoms with van der Waals surface area (Å²) in [6, 6.07) is 30.7. The van der Waals surface area contributed by atoms with Crippen molar-refractivity contribution in [2.75, 3.05) is 22.9 Å². The van der Waals surface area contributed by atoms with Gasteiger partial charge in [0.2, 0.25) is 0 Å². The van der Waals surface area contributed by atoms with Gasteiger partial charge in [-0.25, -0.2) is 0 Å². The van der Waals surface area contributed by atoms with Gasteiger partial charge in [-0.05, 0) is 85.3 Å². The Morgan fingerprint density at radius 1 is 0.477 bits per heavy atom. The number of anilines is 4. The van der Waals surface area contributed by atoms with Crippen molar-refractivity contribution in [3.05, 3.63) is 96.1 Å². The monoisotopic (exact) mass is 612 g/mol. The summed E-state index contributed by atoms with van der Waals surface area (Å²) in [5.74, 6) is 12.9. The van der Waals surface area contributed by atoms with E-state index in [0.29, 0.717) is 0 Å². The summed E-state index contributed by atoms with van der Waals surface area (Å²) >= 11 is 3.69. The van der Waals surface area contributed by atoms with Gasteiger partial charge in [-0.2, -0.15) is 0 Å². The van der Waals surface area contributed by atoms with Crippen molar-refractivity contribution >= 4 is 46.3 Å². The van der Waals surface area contributed by atoms with Crippen molar-refractivity contribution < 1.29 is 0 Å². The lowest BCUT2D eigenvalue weighted by atomic mass is 10.1. The van der Waals surface area contributed by atoms with Gasteiger partial charge in [-0.15, -0.1) is 0 Å². The van der Waals surface area contributed by atoms with Crippen LogP contribution in [0.1, 0.15) is 76.3 Å². The van der Waals surface area contributed by atoms with Crippen molar-refractivity contribution in [2.24, 2.45) is 0 Å². The Hall–Kier alpha value is -3.70.